The summed E-state index contributed by atoms with van der Waals surface area (Å²) in [4.78, 5) is 1.53. The third kappa shape index (κ3) is 1.21. The van der Waals surface area contributed by atoms with E-state index in [1.54, 1.807) is 0 Å². The molecule has 70 valence electrons. The molecule has 12 heavy (non-hydrogen) atoms. The van der Waals surface area contributed by atoms with Crippen LogP contribution in [0.1, 0.15) is 6.42 Å². The number of hydrogen-bond donors (Lipinski definition) is 1. The topological polar surface area (TPSA) is 15.3 Å². The summed E-state index contributed by atoms with van der Waals surface area (Å²) in [5.41, 5.74) is -0.129. The predicted octanol–water partition coefficient (Wildman–Crippen LogP) is 0.596. The SMILES string of the molecule is FC(F)(F)CN1CCC12CNC2. The molecule has 1 N–H and O–H groups in total. The molecular weight excluding hydrogens is 169 g/mol. The summed E-state index contributed by atoms with van der Waals surface area (Å²) < 4.78 is 35.9. The number of nitrogens with one attached hydrogen (secondary N) is 1. The van der Waals surface area contributed by atoms with Gasteiger partial charge >= 0.3 is 6.18 Å². The molecule has 0 unspecified atom stereocenters. The Bertz CT molecular complexity index is 180. The smallest absolute Gasteiger partial charge is 0.313 e. The van der Waals surface area contributed by atoms with Crippen LogP contribution in [0.2, 0.25) is 0 Å². The van der Waals surface area contributed by atoms with Crippen LogP contribution in [0.15, 0.2) is 0 Å². The molecule has 0 aromatic heterocycles. The highest BCUT2D eigenvalue weighted by Crippen LogP contribution is 2.36. The van der Waals surface area contributed by atoms with Gasteiger partial charge in [-0.25, -0.2) is 0 Å². The van der Waals surface area contributed by atoms with Gasteiger partial charge in [-0.05, 0) is 6.42 Å². The molecule has 0 aliphatic carbocycles. The lowest BCUT2D eigenvalue weighted by molar-refractivity contribution is -0.185. The molecule has 0 aromatic rings. The normalized spacial score (nSPS) is 28.2. The van der Waals surface area contributed by atoms with E-state index in [0.29, 0.717) is 6.54 Å². The van der Waals surface area contributed by atoms with Crippen LogP contribution in [0.3, 0.4) is 0 Å². The Labute approximate surface area is 68.7 Å². The molecule has 2 rings (SSSR count). The van der Waals surface area contributed by atoms with Crippen LogP contribution in [0.25, 0.3) is 0 Å². The largest absolute Gasteiger partial charge is 0.401 e. The Kier molecular flexibility index (Phi) is 1.63. The van der Waals surface area contributed by atoms with Crippen LogP contribution in [0.5, 0.6) is 0 Å². The fourth-order valence-corrected chi connectivity index (χ4v) is 1.86. The summed E-state index contributed by atoms with van der Waals surface area (Å²) in [6.45, 7) is 1.31. The summed E-state index contributed by atoms with van der Waals surface area (Å²) in [5.74, 6) is 0. The lowest BCUT2D eigenvalue weighted by Gasteiger charge is -2.58. The number of nitrogens with zero attached hydrogens (tertiary/aromatic N) is 1. The molecule has 2 aliphatic heterocycles. The maximum absolute atomic E-state index is 12.0. The zero-order chi connectivity index (χ0) is 8.82. The molecule has 1 spiro atoms. The third-order valence-electron chi connectivity index (χ3n) is 2.80. The van der Waals surface area contributed by atoms with Crippen molar-refractivity contribution in [3.8, 4) is 0 Å². The first-order chi connectivity index (χ1) is 5.52. The number of hydrogen-bond acceptors (Lipinski definition) is 2. The highest BCUT2D eigenvalue weighted by Gasteiger charge is 2.52. The van der Waals surface area contributed by atoms with Crippen molar-refractivity contribution in [3.05, 3.63) is 0 Å². The first kappa shape index (κ1) is 8.31. The summed E-state index contributed by atoms with van der Waals surface area (Å²) in [6.07, 6.45) is -3.13. The third-order valence-corrected chi connectivity index (χ3v) is 2.80. The molecular formula is C7H11F3N2. The van der Waals surface area contributed by atoms with Crippen molar-refractivity contribution in [3.63, 3.8) is 0 Å². The molecule has 0 saturated carbocycles. The summed E-state index contributed by atoms with van der Waals surface area (Å²) >= 11 is 0. The van der Waals surface area contributed by atoms with E-state index in [9.17, 15) is 13.2 Å². The minimum Gasteiger partial charge on any atom is -0.313 e. The second kappa shape index (κ2) is 2.35. The van der Waals surface area contributed by atoms with Crippen molar-refractivity contribution < 1.29 is 13.2 Å². The second-order valence-electron chi connectivity index (χ2n) is 3.61. The fourth-order valence-electron chi connectivity index (χ4n) is 1.86. The Morgan fingerprint density at radius 2 is 2.00 bits per heavy atom. The second-order valence-corrected chi connectivity index (χ2v) is 3.61. The molecule has 2 heterocycles. The van der Waals surface area contributed by atoms with Gasteiger partial charge in [0.25, 0.3) is 0 Å². The minimum atomic E-state index is -4.04. The number of rotatable bonds is 1. The van der Waals surface area contributed by atoms with Crippen LogP contribution < -0.4 is 5.32 Å². The van der Waals surface area contributed by atoms with Gasteiger partial charge in [-0.3, -0.25) is 4.90 Å². The van der Waals surface area contributed by atoms with E-state index in [-0.39, 0.29) is 5.54 Å². The lowest BCUT2D eigenvalue weighted by atomic mass is 9.79. The van der Waals surface area contributed by atoms with E-state index >= 15 is 0 Å². The number of alkyl halides is 3. The van der Waals surface area contributed by atoms with Gasteiger partial charge < -0.3 is 5.32 Å². The Balaban J connectivity index is 1.89. The first-order valence-electron chi connectivity index (χ1n) is 4.04. The monoisotopic (exact) mass is 180 g/mol. The highest BCUT2D eigenvalue weighted by molar-refractivity contribution is 5.09. The summed E-state index contributed by atoms with van der Waals surface area (Å²) in [6, 6.07) is 0. The van der Waals surface area contributed by atoms with Gasteiger partial charge in [0.2, 0.25) is 0 Å². The number of likely N-dealkylation sites (tertiary alicyclic amines) is 1. The van der Waals surface area contributed by atoms with E-state index in [1.807, 2.05) is 0 Å². The standard InChI is InChI=1S/C7H11F3N2/c8-7(9,10)5-12-2-1-6(12)3-11-4-6/h11H,1-5H2. The molecule has 0 atom stereocenters. The molecule has 5 heteroatoms. The number of halogens is 3. The van der Waals surface area contributed by atoms with Crippen LogP contribution in [-0.2, 0) is 0 Å². The Morgan fingerprint density at radius 1 is 1.33 bits per heavy atom. The molecule has 2 fully saturated rings. The van der Waals surface area contributed by atoms with Crippen molar-refractivity contribution >= 4 is 0 Å². The van der Waals surface area contributed by atoms with E-state index in [0.717, 1.165) is 19.5 Å². The first-order valence-corrected chi connectivity index (χ1v) is 4.04. The molecule has 0 radical (unpaired) electrons. The van der Waals surface area contributed by atoms with Crippen molar-refractivity contribution in [2.24, 2.45) is 0 Å². The minimum absolute atomic E-state index is 0.129. The Hall–Kier alpha value is -0.290. The highest BCUT2D eigenvalue weighted by atomic mass is 19.4. The molecule has 2 saturated heterocycles. The van der Waals surface area contributed by atoms with Crippen LogP contribution in [0.4, 0.5) is 13.2 Å². The van der Waals surface area contributed by atoms with Crippen molar-refractivity contribution in [2.75, 3.05) is 26.2 Å². The molecule has 2 aliphatic rings. The van der Waals surface area contributed by atoms with Crippen molar-refractivity contribution in [2.45, 2.75) is 18.1 Å². The van der Waals surface area contributed by atoms with E-state index in [1.165, 1.54) is 4.90 Å². The maximum atomic E-state index is 12.0. The van der Waals surface area contributed by atoms with Gasteiger partial charge in [-0.2, -0.15) is 13.2 Å². The van der Waals surface area contributed by atoms with Gasteiger partial charge in [0.15, 0.2) is 0 Å². The average Bonchev–Trinajstić information content (AvgIpc) is 1.75. The van der Waals surface area contributed by atoms with Gasteiger partial charge in [0.05, 0.1) is 6.54 Å². The lowest BCUT2D eigenvalue weighted by Crippen LogP contribution is -2.76. The summed E-state index contributed by atoms with van der Waals surface area (Å²) in [5, 5.41) is 3.01. The predicted molar refractivity (Wildman–Crippen MR) is 37.8 cm³/mol. The van der Waals surface area contributed by atoms with Gasteiger partial charge in [-0.1, -0.05) is 0 Å². The van der Waals surface area contributed by atoms with Crippen LogP contribution in [0, 0.1) is 0 Å². The zero-order valence-corrected chi connectivity index (χ0v) is 6.62. The average molecular weight is 180 g/mol. The maximum Gasteiger partial charge on any atom is 0.401 e. The van der Waals surface area contributed by atoms with Crippen molar-refractivity contribution in [1.29, 1.82) is 0 Å². The molecule has 0 bridgehead atoms. The zero-order valence-electron chi connectivity index (χ0n) is 6.62. The molecule has 2 nitrogen and oxygen atoms in total. The van der Waals surface area contributed by atoms with Crippen LogP contribution >= 0.6 is 0 Å². The summed E-state index contributed by atoms with van der Waals surface area (Å²) in [7, 11) is 0. The van der Waals surface area contributed by atoms with Crippen molar-refractivity contribution in [1.82, 2.24) is 10.2 Å². The molecule has 0 aromatic carbocycles. The van der Waals surface area contributed by atoms with Gasteiger partial charge in [0.1, 0.15) is 0 Å². The van der Waals surface area contributed by atoms with Crippen LogP contribution in [-0.4, -0.2) is 42.8 Å². The van der Waals surface area contributed by atoms with Gasteiger partial charge in [-0.15, -0.1) is 0 Å². The molecule has 0 amide bonds. The Morgan fingerprint density at radius 3 is 2.25 bits per heavy atom. The van der Waals surface area contributed by atoms with Gasteiger partial charge in [0, 0.05) is 25.2 Å². The fraction of sp³-hybridized carbons (Fsp3) is 1.00. The van der Waals surface area contributed by atoms with E-state index < -0.39 is 12.7 Å². The van der Waals surface area contributed by atoms with E-state index in [4.69, 9.17) is 0 Å². The van der Waals surface area contributed by atoms with E-state index in [2.05, 4.69) is 5.32 Å². The quantitative estimate of drug-likeness (QED) is 0.635.